The molecule has 1 N–H and O–H groups in total. The summed E-state index contributed by atoms with van der Waals surface area (Å²) in [6, 6.07) is 16.6. The molecule has 2 aromatic carbocycles. The third kappa shape index (κ3) is 2.66. The predicted molar refractivity (Wildman–Crippen MR) is 71.2 cm³/mol. The molecule has 0 aliphatic rings. The highest BCUT2D eigenvalue weighted by molar-refractivity contribution is 5.68. The van der Waals surface area contributed by atoms with Gasteiger partial charge in [-0.3, -0.25) is 0 Å². The highest BCUT2D eigenvalue weighted by atomic mass is 16.5. The number of nitrogens with one attached hydrogen (secondary N) is 1. The Balaban J connectivity index is 2.44. The second-order valence-corrected chi connectivity index (χ2v) is 3.92. The van der Waals surface area contributed by atoms with Crippen molar-refractivity contribution in [2.24, 2.45) is 0 Å². The van der Waals surface area contributed by atoms with Crippen LogP contribution in [0.2, 0.25) is 0 Å². The van der Waals surface area contributed by atoms with E-state index in [0.29, 0.717) is 0 Å². The zero-order valence-electron chi connectivity index (χ0n) is 10.2. The number of ether oxygens (including phenoxy) is 1. The van der Waals surface area contributed by atoms with Crippen LogP contribution in [-0.2, 0) is 6.54 Å². The van der Waals surface area contributed by atoms with Gasteiger partial charge in [0.1, 0.15) is 5.75 Å². The fourth-order valence-electron chi connectivity index (χ4n) is 1.94. The lowest BCUT2D eigenvalue weighted by Crippen LogP contribution is -2.06. The lowest BCUT2D eigenvalue weighted by molar-refractivity contribution is 0.415. The number of hydrogen-bond acceptors (Lipinski definition) is 2. The van der Waals surface area contributed by atoms with Crippen molar-refractivity contribution in [3.05, 3.63) is 54.1 Å². The summed E-state index contributed by atoms with van der Waals surface area (Å²) in [6.07, 6.45) is 0. The van der Waals surface area contributed by atoms with Crippen LogP contribution in [0.15, 0.2) is 48.5 Å². The molecule has 0 aliphatic heterocycles. The molecule has 2 aromatic rings. The Morgan fingerprint density at radius 1 is 1.06 bits per heavy atom. The van der Waals surface area contributed by atoms with Crippen LogP contribution in [-0.4, -0.2) is 14.2 Å². The molecule has 0 bridgehead atoms. The van der Waals surface area contributed by atoms with Gasteiger partial charge in [0.25, 0.3) is 0 Å². The molecule has 0 saturated carbocycles. The van der Waals surface area contributed by atoms with E-state index in [4.69, 9.17) is 4.74 Å². The van der Waals surface area contributed by atoms with Crippen molar-refractivity contribution in [2.75, 3.05) is 14.2 Å². The van der Waals surface area contributed by atoms with E-state index in [-0.39, 0.29) is 0 Å². The molecule has 2 rings (SSSR count). The van der Waals surface area contributed by atoms with Gasteiger partial charge in [-0.1, -0.05) is 36.4 Å². The van der Waals surface area contributed by atoms with E-state index in [1.807, 2.05) is 19.2 Å². The highest BCUT2D eigenvalue weighted by Crippen LogP contribution is 2.26. The SMILES string of the molecule is CNCc1ccccc1-c1cccc(OC)c1. The number of hydrogen-bond donors (Lipinski definition) is 1. The van der Waals surface area contributed by atoms with Crippen LogP contribution >= 0.6 is 0 Å². The average Bonchev–Trinajstić information content (AvgIpc) is 2.40. The smallest absolute Gasteiger partial charge is 0.119 e. The zero-order valence-corrected chi connectivity index (χ0v) is 10.2. The maximum absolute atomic E-state index is 5.26. The Hall–Kier alpha value is -1.80. The molecule has 0 radical (unpaired) electrons. The van der Waals surface area contributed by atoms with Crippen LogP contribution in [0.5, 0.6) is 5.75 Å². The van der Waals surface area contributed by atoms with Gasteiger partial charge in [0, 0.05) is 6.54 Å². The van der Waals surface area contributed by atoms with Crippen molar-refractivity contribution in [3.8, 4) is 16.9 Å². The summed E-state index contributed by atoms with van der Waals surface area (Å²) < 4.78 is 5.26. The molecule has 0 fully saturated rings. The number of rotatable bonds is 4. The fraction of sp³-hybridized carbons (Fsp3) is 0.200. The predicted octanol–water partition coefficient (Wildman–Crippen LogP) is 3.08. The maximum Gasteiger partial charge on any atom is 0.119 e. The molecular formula is C15H17NO. The van der Waals surface area contributed by atoms with Crippen molar-refractivity contribution in [1.82, 2.24) is 5.32 Å². The van der Waals surface area contributed by atoms with Crippen LogP contribution in [0, 0.1) is 0 Å². The van der Waals surface area contributed by atoms with Gasteiger partial charge in [-0.05, 0) is 35.9 Å². The molecule has 0 amide bonds. The minimum absolute atomic E-state index is 0.868. The first-order valence-corrected chi connectivity index (χ1v) is 5.72. The third-order valence-electron chi connectivity index (χ3n) is 2.77. The minimum Gasteiger partial charge on any atom is -0.497 e. The molecule has 0 atom stereocenters. The van der Waals surface area contributed by atoms with Gasteiger partial charge in [-0.15, -0.1) is 0 Å². The average molecular weight is 227 g/mol. The normalized spacial score (nSPS) is 10.2. The maximum atomic E-state index is 5.26. The van der Waals surface area contributed by atoms with Gasteiger partial charge < -0.3 is 10.1 Å². The first-order valence-electron chi connectivity index (χ1n) is 5.72. The lowest BCUT2D eigenvalue weighted by Gasteiger charge is -2.10. The van der Waals surface area contributed by atoms with E-state index < -0.39 is 0 Å². The van der Waals surface area contributed by atoms with Crippen LogP contribution in [0.25, 0.3) is 11.1 Å². The van der Waals surface area contributed by atoms with Crippen LogP contribution in [0.3, 0.4) is 0 Å². The Morgan fingerprint density at radius 2 is 1.88 bits per heavy atom. The van der Waals surface area contributed by atoms with Gasteiger partial charge in [0.2, 0.25) is 0 Å². The summed E-state index contributed by atoms with van der Waals surface area (Å²) in [5.41, 5.74) is 3.74. The summed E-state index contributed by atoms with van der Waals surface area (Å²) in [6.45, 7) is 0.868. The van der Waals surface area contributed by atoms with Crippen LogP contribution in [0.1, 0.15) is 5.56 Å². The summed E-state index contributed by atoms with van der Waals surface area (Å²) >= 11 is 0. The van der Waals surface area contributed by atoms with Crippen molar-refractivity contribution < 1.29 is 4.74 Å². The minimum atomic E-state index is 0.868. The summed E-state index contributed by atoms with van der Waals surface area (Å²) in [5.74, 6) is 0.891. The molecule has 0 heterocycles. The van der Waals surface area contributed by atoms with Gasteiger partial charge in [-0.2, -0.15) is 0 Å². The van der Waals surface area contributed by atoms with Crippen molar-refractivity contribution >= 4 is 0 Å². The van der Waals surface area contributed by atoms with Crippen LogP contribution < -0.4 is 10.1 Å². The Labute approximate surface area is 102 Å². The van der Waals surface area contributed by atoms with Gasteiger partial charge in [0.05, 0.1) is 7.11 Å². The van der Waals surface area contributed by atoms with Crippen molar-refractivity contribution in [3.63, 3.8) is 0 Å². The Kier molecular flexibility index (Phi) is 3.78. The second-order valence-electron chi connectivity index (χ2n) is 3.92. The number of methoxy groups -OCH3 is 1. The standard InChI is InChI=1S/C15H17NO/c1-16-11-13-6-3-4-9-15(13)12-7-5-8-14(10-12)17-2/h3-10,16H,11H2,1-2H3. The number of benzene rings is 2. The van der Waals surface area contributed by atoms with Crippen LogP contribution in [0.4, 0.5) is 0 Å². The third-order valence-corrected chi connectivity index (χ3v) is 2.77. The van der Waals surface area contributed by atoms with E-state index in [9.17, 15) is 0 Å². The van der Waals surface area contributed by atoms with E-state index in [1.165, 1.54) is 16.7 Å². The first-order chi connectivity index (χ1) is 8.35. The van der Waals surface area contributed by atoms with E-state index in [0.717, 1.165) is 12.3 Å². The van der Waals surface area contributed by atoms with Gasteiger partial charge in [0.15, 0.2) is 0 Å². The summed E-state index contributed by atoms with van der Waals surface area (Å²) in [4.78, 5) is 0. The van der Waals surface area contributed by atoms with Crippen molar-refractivity contribution in [1.29, 1.82) is 0 Å². The largest absolute Gasteiger partial charge is 0.497 e. The quantitative estimate of drug-likeness (QED) is 0.866. The van der Waals surface area contributed by atoms with Crippen molar-refractivity contribution in [2.45, 2.75) is 6.54 Å². The molecule has 88 valence electrons. The highest BCUT2D eigenvalue weighted by Gasteiger charge is 2.04. The van der Waals surface area contributed by atoms with E-state index >= 15 is 0 Å². The second kappa shape index (κ2) is 5.51. The molecule has 0 aliphatic carbocycles. The topological polar surface area (TPSA) is 21.3 Å². The van der Waals surface area contributed by atoms with E-state index in [1.54, 1.807) is 7.11 Å². The monoisotopic (exact) mass is 227 g/mol. The molecule has 0 unspecified atom stereocenters. The fourth-order valence-corrected chi connectivity index (χ4v) is 1.94. The molecule has 0 aromatic heterocycles. The Bertz CT molecular complexity index is 494. The molecular weight excluding hydrogens is 210 g/mol. The molecule has 0 saturated heterocycles. The lowest BCUT2D eigenvalue weighted by atomic mass is 9.99. The first kappa shape index (κ1) is 11.7. The summed E-state index contributed by atoms with van der Waals surface area (Å²) in [7, 11) is 3.65. The van der Waals surface area contributed by atoms with Gasteiger partial charge in [-0.25, -0.2) is 0 Å². The van der Waals surface area contributed by atoms with Gasteiger partial charge >= 0.3 is 0 Å². The van der Waals surface area contributed by atoms with E-state index in [2.05, 4.69) is 41.7 Å². The Morgan fingerprint density at radius 3 is 2.65 bits per heavy atom. The molecule has 2 heteroatoms. The summed E-state index contributed by atoms with van der Waals surface area (Å²) in [5, 5.41) is 3.19. The molecule has 17 heavy (non-hydrogen) atoms. The zero-order chi connectivity index (χ0) is 12.1. The molecule has 0 spiro atoms. The molecule has 2 nitrogen and oxygen atoms in total.